The van der Waals surface area contributed by atoms with E-state index in [0.717, 1.165) is 6.42 Å². The number of carbonyl (C=O) groups is 1. The Balaban J connectivity index is 1.70. The summed E-state index contributed by atoms with van der Waals surface area (Å²) in [7, 11) is 1.47. The SMILES string of the molecule is COc1cnc(-c2cc(Cl)ccc2F)nc1Nc1ccncc1C(=O)N1CC[C@@H](N)C1. The zero-order valence-electron chi connectivity index (χ0n) is 16.7. The van der Waals surface area contributed by atoms with Crippen molar-refractivity contribution in [3.8, 4) is 17.1 Å². The van der Waals surface area contributed by atoms with Crippen LogP contribution in [0.25, 0.3) is 11.4 Å². The van der Waals surface area contributed by atoms with Crippen molar-refractivity contribution in [1.29, 1.82) is 0 Å². The van der Waals surface area contributed by atoms with Crippen molar-refractivity contribution in [3.05, 3.63) is 59.3 Å². The molecule has 0 unspecified atom stereocenters. The molecule has 0 radical (unpaired) electrons. The van der Waals surface area contributed by atoms with Crippen LogP contribution in [0.3, 0.4) is 0 Å². The van der Waals surface area contributed by atoms with Gasteiger partial charge >= 0.3 is 0 Å². The quantitative estimate of drug-likeness (QED) is 0.624. The lowest BCUT2D eigenvalue weighted by molar-refractivity contribution is 0.0791. The Bertz CT molecular complexity index is 1130. The van der Waals surface area contributed by atoms with Crippen LogP contribution >= 0.6 is 11.6 Å². The standard InChI is InChI=1S/C21H20ClFN6O2/c1-31-18-10-26-19(14-8-12(22)2-3-16(14)23)28-20(18)27-17-4-6-25-9-15(17)21(30)29-7-5-13(24)11-29/h2-4,6,8-10,13H,5,7,11,24H2,1H3,(H,25,26,27,28)/t13-/m1/s1. The van der Waals surface area contributed by atoms with Crippen molar-refractivity contribution in [1.82, 2.24) is 19.9 Å². The number of nitrogens with zero attached hydrogens (tertiary/aromatic N) is 4. The second-order valence-electron chi connectivity index (χ2n) is 7.08. The molecule has 1 aliphatic rings. The highest BCUT2D eigenvalue weighted by Crippen LogP contribution is 2.31. The molecule has 0 spiro atoms. The Morgan fingerprint density at radius 3 is 2.94 bits per heavy atom. The van der Waals surface area contributed by atoms with Gasteiger partial charge in [0.1, 0.15) is 5.82 Å². The Kier molecular flexibility index (Phi) is 5.97. The van der Waals surface area contributed by atoms with Gasteiger partial charge in [0.2, 0.25) is 0 Å². The average molecular weight is 443 g/mol. The average Bonchev–Trinajstić information content (AvgIpc) is 3.21. The molecule has 3 aromatic rings. The van der Waals surface area contributed by atoms with Crippen LogP contribution in [0.5, 0.6) is 5.75 Å². The highest BCUT2D eigenvalue weighted by Gasteiger charge is 2.26. The number of nitrogens with two attached hydrogens (primary N) is 1. The summed E-state index contributed by atoms with van der Waals surface area (Å²) >= 11 is 6.00. The summed E-state index contributed by atoms with van der Waals surface area (Å²) in [6.07, 6.45) is 5.22. The number of amides is 1. The first-order chi connectivity index (χ1) is 15.0. The minimum Gasteiger partial charge on any atom is -0.491 e. The zero-order valence-corrected chi connectivity index (χ0v) is 17.4. The molecule has 1 fully saturated rings. The van der Waals surface area contributed by atoms with E-state index in [1.807, 2.05) is 0 Å². The molecule has 2 aromatic heterocycles. The van der Waals surface area contributed by atoms with Gasteiger partial charge in [-0.05, 0) is 30.7 Å². The third kappa shape index (κ3) is 4.42. The maximum Gasteiger partial charge on any atom is 0.257 e. The number of nitrogens with one attached hydrogen (secondary N) is 1. The second kappa shape index (κ2) is 8.83. The molecule has 0 bridgehead atoms. The molecule has 10 heteroatoms. The molecule has 3 N–H and O–H groups in total. The van der Waals surface area contributed by atoms with Gasteiger partial charge in [-0.15, -0.1) is 0 Å². The van der Waals surface area contributed by atoms with Gasteiger partial charge in [0.15, 0.2) is 17.4 Å². The van der Waals surface area contributed by atoms with Crippen LogP contribution in [0.4, 0.5) is 15.9 Å². The van der Waals surface area contributed by atoms with E-state index in [0.29, 0.717) is 35.1 Å². The molecule has 8 nitrogen and oxygen atoms in total. The number of likely N-dealkylation sites (tertiary alicyclic amines) is 1. The van der Waals surface area contributed by atoms with Gasteiger partial charge < -0.3 is 20.7 Å². The lowest BCUT2D eigenvalue weighted by atomic mass is 10.2. The van der Waals surface area contributed by atoms with Gasteiger partial charge in [-0.3, -0.25) is 9.78 Å². The summed E-state index contributed by atoms with van der Waals surface area (Å²) in [5.41, 5.74) is 6.93. The van der Waals surface area contributed by atoms with Crippen LogP contribution in [0.2, 0.25) is 5.02 Å². The van der Waals surface area contributed by atoms with Gasteiger partial charge in [-0.2, -0.15) is 0 Å². The molecule has 0 saturated carbocycles. The Morgan fingerprint density at radius 1 is 1.35 bits per heavy atom. The highest BCUT2D eigenvalue weighted by molar-refractivity contribution is 6.30. The van der Waals surface area contributed by atoms with E-state index < -0.39 is 5.82 Å². The number of benzene rings is 1. The molecular weight excluding hydrogens is 423 g/mol. The first-order valence-corrected chi connectivity index (χ1v) is 9.96. The molecule has 4 rings (SSSR count). The van der Waals surface area contributed by atoms with Crippen LogP contribution in [0.1, 0.15) is 16.8 Å². The maximum atomic E-state index is 14.3. The number of halogens is 2. The first-order valence-electron chi connectivity index (χ1n) is 9.58. The van der Waals surface area contributed by atoms with Crippen LogP contribution in [-0.2, 0) is 0 Å². The minimum absolute atomic E-state index is 0.0332. The molecule has 1 atom stereocenters. The number of hydrogen-bond acceptors (Lipinski definition) is 7. The van der Waals surface area contributed by atoms with E-state index in [2.05, 4.69) is 20.3 Å². The zero-order chi connectivity index (χ0) is 22.0. The second-order valence-corrected chi connectivity index (χ2v) is 7.52. The summed E-state index contributed by atoms with van der Waals surface area (Å²) in [6, 6.07) is 5.76. The number of carbonyl (C=O) groups excluding carboxylic acids is 1. The van der Waals surface area contributed by atoms with Crippen molar-refractivity contribution in [3.63, 3.8) is 0 Å². The molecule has 3 heterocycles. The number of anilines is 2. The molecule has 31 heavy (non-hydrogen) atoms. The first kappa shape index (κ1) is 21.0. The van der Waals surface area contributed by atoms with Gasteiger partial charge in [0.05, 0.1) is 30.1 Å². The van der Waals surface area contributed by atoms with E-state index in [1.54, 1.807) is 17.2 Å². The van der Waals surface area contributed by atoms with E-state index >= 15 is 0 Å². The van der Waals surface area contributed by atoms with Gasteiger partial charge in [-0.1, -0.05) is 11.6 Å². The van der Waals surface area contributed by atoms with Gasteiger partial charge in [0.25, 0.3) is 5.91 Å². The summed E-state index contributed by atoms with van der Waals surface area (Å²) in [6.45, 7) is 1.07. The monoisotopic (exact) mass is 442 g/mol. The lowest BCUT2D eigenvalue weighted by Gasteiger charge is -2.19. The van der Waals surface area contributed by atoms with E-state index in [9.17, 15) is 9.18 Å². The fourth-order valence-corrected chi connectivity index (χ4v) is 3.52. The fraction of sp³-hybridized carbons (Fsp3) is 0.238. The van der Waals surface area contributed by atoms with Crippen LogP contribution in [-0.4, -0.2) is 52.0 Å². The van der Waals surface area contributed by atoms with Gasteiger partial charge in [-0.25, -0.2) is 14.4 Å². The summed E-state index contributed by atoms with van der Waals surface area (Å²) < 4.78 is 19.7. The molecule has 160 valence electrons. The Morgan fingerprint density at radius 2 is 2.19 bits per heavy atom. The summed E-state index contributed by atoms with van der Waals surface area (Å²) in [4.78, 5) is 27.3. The van der Waals surface area contributed by atoms with Crippen molar-refractivity contribution in [2.45, 2.75) is 12.5 Å². The third-order valence-electron chi connectivity index (χ3n) is 4.96. The van der Waals surface area contributed by atoms with Crippen LogP contribution in [0.15, 0.2) is 42.9 Å². The molecule has 0 aliphatic carbocycles. The Hall–Kier alpha value is -3.30. The topological polar surface area (TPSA) is 106 Å². The molecule has 1 saturated heterocycles. The maximum absolute atomic E-state index is 14.3. The van der Waals surface area contributed by atoms with Crippen LogP contribution in [0, 0.1) is 5.82 Å². The van der Waals surface area contributed by atoms with Crippen molar-refractivity contribution >= 4 is 29.0 Å². The number of ether oxygens (including phenoxy) is 1. The number of hydrogen-bond donors (Lipinski definition) is 2. The number of methoxy groups -OCH3 is 1. The lowest BCUT2D eigenvalue weighted by Crippen LogP contribution is -2.32. The van der Waals surface area contributed by atoms with E-state index in [4.69, 9.17) is 22.1 Å². The summed E-state index contributed by atoms with van der Waals surface area (Å²) in [5.74, 6) is 0.0222. The smallest absolute Gasteiger partial charge is 0.257 e. The number of pyridine rings is 1. The highest BCUT2D eigenvalue weighted by atomic mass is 35.5. The van der Waals surface area contributed by atoms with Crippen LogP contribution < -0.4 is 15.8 Å². The third-order valence-corrected chi connectivity index (χ3v) is 5.20. The van der Waals surface area contributed by atoms with E-state index in [1.165, 1.54) is 37.7 Å². The number of rotatable bonds is 5. The Labute approximate surface area is 183 Å². The van der Waals surface area contributed by atoms with Crippen molar-refractivity contribution in [2.24, 2.45) is 5.73 Å². The van der Waals surface area contributed by atoms with Crippen molar-refractivity contribution < 1.29 is 13.9 Å². The fourth-order valence-electron chi connectivity index (χ4n) is 3.35. The molecule has 1 aromatic carbocycles. The van der Waals surface area contributed by atoms with E-state index in [-0.39, 0.29) is 29.2 Å². The predicted molar refractivity (Wildman–Crippen MR) is 115 cm³/mol. The minimum atomic E-state index is -0.509. The molecular formula is C21H20ClFN6O2. The molecule has 1 aliphatic heterocycles. The normalized spacial score (nSPS) is 15.7. The molecule has 1 amide bonds. The predicted octanol–water partition coefficient (Wildman–Crippen LogP) is 3.26. The van der Waals surface area contributed by atoms with Gasteiger partial charge in [0, 0.05) is 36.5 Å². The van der Waals surface area contributed by atoms with Crippen molar-refractivity contribution in [2.75, 3.05) is 25.5 Å². The largest absolute Gasteiger partial charge is 0.491 e. The number of aromatic nitrogens is 3. The summed E-state index contributed by atoms with van der Waals surface area (Å²) in [5, 5.41) is 3.46.